The van der Waals surface area contributed by atoms with Gasteiger partial charge in [0.05, 0.1) is 10.9 Å². The van der Waals surface area contributed by atoms with Gasteiger partial charge in [0.15, 0.2) is 0 Å². The maximum absolute atomic E-state index is 11.8. The highest BCUT2D eigenvalue weighted by atomic mass is 35.5. The van der Waals surface area contributed by atoms with Crippen LogP contribution >= 0.6 is 22.9 Å². The third-order valence-corrected chi connectivity index (χ3v) is 3.76. The van der Waals surface area contributed by atoms with Crippen LogP contribution in [-0.4, -0.2) is 24.4 Å². The number of nitrogens with zero attached hydrogens (tertiary/aromatic N) is 1. The van der Waals surface area contributed by atoms with Gasteiger partial charge in [0.1, 0.15) is 0 Å². The lowest BCUT2D eigenvalue weighted by Gasteiger charge is -2.16. The van der Waals surface area contributed by atoms with Crippen molar-refractivity contribution in [3.63, 3.8) is 0 Å². The van der Waals surface area contributed by atoms with Gasteiger partial charge in [-0.1, -0.05) is 18.0 Å². The summed E-state index contributed by atoms with van der Waals surface area (Å²) in [7, 11) is 1.83. The molecule has 0 aliphatic rings. The Kier molecular flexibility index (Phi) is 6.55. The molecule has 17 heavy (non-hydrogen) atoms. The molecule has 0 saturated carbocycles. The predicted molar refractivity (Wildman–Crippen MR) is 73.3 cm³/mol. The van der Waals surface area contributed by atoms with Gasteiger partial charge in [-0.2, -0.15) is 0 Å². The molecule has 0 bridgehead atoms. The van der Waals surface area contributed by atoms with Gasteiger partial charge in [0, 0.05) is 18.3 Å². The lowest BCUT2D eigenvalue weighted by atomic mass is 10.2. The van der Waals surface area contributed by atoms with Crippen molar-refractivity contribution in [2.24, 2.45) is 5.73 Å². The minimum Gasteiger partial charge on any atom is -0.341 e. The second kappa shape index (κ2) is 7.69. The molecule has 0 atom stereocenters. The zero-order valence-corrected chi connectivity index (χ0v) is 11.7. The molecule has 0 aliphatic heterocycles. The standard InChI is InChI=1S/C12H19ClN2OS/c1-15(9-10-6-7-11(13)17-10)12(16)5-3-2-4-8-14/h6-7H,2-5,8-9,14H2,1H3. The number of rotatable bonds is 7. The van der Waals surface area contributed by atoms with Gasteiger partial charge >= 0.3 is 0 Å². The highest BCUT2D eigenvalue weighted by molar-refractivity contribution is 7.16. The number of nitrogens with two attached hydrogens (primary N) is 1. The van der Waals surface area contributed by atoms with Gasteiger partial charge in [0.2, 0.25) is 5.91 Å². The van der Waals surface area contributed by atoms with E-state index in [1.807, 2.05) is 19.2 Å². The number of thiophene rings is 1. The first-order chi connectivity index (χ1) is 8.13. The molecule has 0 fully saturated rings. The van der Waals surface area contributed by atoms with Crippen LogP contribution in [0.4, 0.5) is 0 Å². The van der Waals surface area contributed by atoms with E-state index >= 15 is 0 Å². The van der Waals surface area contributed by atoms with Gasteiger partial charge in [-0.15, -0.1) is 11.3 Å². The number of hydrogen-bond donors (Lipinski definition) is 1. The summed E-state index contributed by atoms with van der Waals surface area (Å²) in [4.78, 5) is 14.7. The number of carbonyl (C=O) groups is 1. The Hall–Kier alpha value is -0.580. The summed E-state index contributed by atoms with van der Waals surface area (Å²) >= 11 is 7.37. The highest BCUT2D eigenvalue weighted by Gasteiger charge is 2.09. The molecule has 1 aromatic heterocycles. The summed E-state index contributed by atoms with van der Waals surface area (Å²) in [5, 5.41) is 0. The first kappa shape index (κ1) is 14.5. The van der Waals surface area contributed by atoms with E-state index in [0.29, 0.717) is 19.5 Å². The molecule has 1 aromatic rings. The quantitative estimate of drug-likeness (QED) is 0.777. The van der Waals surface area contributed by atoms with E-state index in [4.69, 9.17) is 17.3 Å². The van der Waals surface area contributed by atoms with Crippen molar-refractivity contribution < 1.29 is 4.79 Å². The molecule has 0 aromatic carbocycles. The van der Waals surface area contributed by atoms with E-state index < -0.39 is 0 Å². The van der Waals surface area contributed by atoms with E-state index in [0.717, 1.165) is 28.5 Å². The number of amides is 1. The van der Waals surface area contributed by atoms with Crippen LogP contribution in [0.2, 0.25) is 4.34 Å². The first-order valence-corrected chi connectivity index (χ1v) is 7.01. The summed E-state index contributed by atoms with van der Waals surface area (Å²) in [5.74, 6) is 0.187. The van der Waals surface area contributed by atoms with Crippen molar-refractivity contribution in [1.29, 1.82) is 0 Å². The molecule has 1 heterocycles. The van der Waals surface area contributed by atoms with Gasteiger partial charge in [-0.05, 0) is 31.5 Å². The minimum absolute atomic E-state index is 0.187. The molecule has 1 rings (SSSR count). The van der Waals surface area contributed by atoms with Crippen LogP contribution in [0.15, 0.2) is 12.1 Å². The Labute approximate surface area is 112 Å². The van der Waals surface area contributed by atoms with Crippen LogP contribution in [-0.2, 0) is 11.3 Å². The van der Waals surface area contributed by atoms with E-state index in [9.17, 15) is 4.79 Å². The number of hydrogen-bond acceptors (Lipinski definition) is 3. The summed E-state index contributed by atoms with van der Waals surface area (Å²) < 4.78 is 0.767. The average molecular weight is 275 g/mol. The third-order valence-electron chi connectivity index (χ3n) is 2.54. The molecule has 0 spiro atoms. The molecule has 5 heteroatoms. The second-order valence-corrected chi connectivity index (χ2v) is 5.85. The summed E-state index contributed by atoms with van der Waals surface area (Å²) in [6.45, 7) is 1.35. The summed E-state index contributed by atoms with van der Waals surface area (Å²) in [5.41, 5.74) is 5.40. The molecule has 0 aliphatic carbocycles. The molecule has 0 unspecified atom stereocenters. The zero-order valence-electron chi connectivity index (χ0n) is 10.1. The molecular weight excluding hydrogens is 256 g/mol. The Morgan fingerprint density at radius 1 is 1.41 bits per heavy atom. The highest BCUT2D eigenvalue weighted by Crippen LogP contribution is 2.22. The maximum Gasteiger partial charge on any atom is 0.222 e. The second-order valence-electron chi connectivity index (χ2n) is 4.05. The number of carbonyl (C=O) groups excluding carboxylic acids is 1. The van der Waals surface area contributed by atoms with E-state index in [-0.39, 0.29) is 5.91 Å². The van der Waals surface area contributed by atoms with Gasteiger partial charge < -0.3 is 10.6 Å². The van der Waals surface area contributed by atoms with E-state index in [2.05, 4.69) is 0 Å². The topological polar surface area (TPSA) is 46.3 Å². The monoisotopic (exact) mass is 274 g/mol. The number of halogens is 1. The van der Waals surface area contributed by atoms with Crippen LogP contribution in [0.1, 0.15) is 30.6 Å². The first-order valence-electron chi connectivity index (χ1n) is 5.81. The third kappa shape index (κ3) is 5.52. The lowest BCUT2D eigenvalue weighted by Crippen LogP contribution is -2.25. The van der Waals surface area contributed by atoms with E-state index in [1.165, 1.54) is 11.3 Å². The van der Waals surface area contributed by atoms with Gasteiger partial charge in [-0.25, -0.2) is 0 Å². The van der Waals surface area contributed by atoms with Crippen molar-refractivity contribution in [1.82, 2.24) is 4.90 Å². The van der Waals surface area contributed by atoms with Crippen molar-refractivity contribution in [3.05, 3.63) is 21.3 Å². The van der Waals surface area contributed by atoms with Crippen molar-refractivity contribution in [2.75, 3.05) is 13.6 Å². The molecule has 2 N–H and O–H groups in total. The predicted octanol–water partition coefficient (Wildman–Crippen LogP) is 2.88. The van der Waals surface area contributed by atoms with Crippen molar-refractivity contribution in [2.45, 2.75) is 32.2 Å². The smallest absolute Gasteiger partial charge is 0.222 e. The summed E-state index contributed by atoms with van der Waals surface area (Å²) in [6, 6.07) is 3.83. The minimum atomic E-state index is 0.187. The Balaban J connectivity index is 2.27. The Morgan fingerprint density at radius 3 is 2.76 bits per heavy atom. The van der Waals surface area contributed by atoms with Crippen LogP contribution in [0.25, 0.3) is 0 Å². The molecule has 0 saturated heterocycles. The van der Waals surface area contributed by atoms with Crippen LogP contribution in [0, 0.1) is 0 Å². The fourth-order valence-corrected chi connectivity index (χ4v) is 2.69. The normalized spacial score (nSPS) is 10.5. The van der Waals surface area contributed by atoms with Crippen LogP contribution in [0.3, 0.4) is 0 Å². The number of unbranched alkanes of at least 4 members (excludes halogenated alkanes) is 2. The Bertz CT molecular complexity index is 354. The molecule has 96 valence electrons. The van der Waals surface area contributed by atoms with Gasteiger partial charge in [0.25, 0.3) is 0 Å². The van der Waals surface area contributed by atoms with Crippen molar-refractivity contribution in [3.8, 4) is 0 Å². The fourth-order valence-electron chi connectivity index (χ4n) is 1.55. The molecule has 0 radical (unpaired) electrons. The zero-order chi connectivity index (χ0) is 12.7. The Morgan fingerprint density at radius 2 is 2.18 bits per heavy atom. The average Bonchev–Trinajstić information content (AvgIpc) is 2.70. The van der Waals surface area contributed by atoms with Crippen LogP contribution in [0.5, 0.6) is 0 Å². The van der Waals surface area contributed by atoms with E-state index in [1.54, 1.807) is 4.90 Å². The van der Waals surface area contributed by atoms with Crippen LogP contribution < -0.4 is 5.73 Å². The largest absolute Gasteiger partial charge is 0.341 e. The molecule has 3 nitrogen and oxygen atoms in total. The SMILES string of the molecule is CN(Cc1ccc(Cl)s1)C(=O)CCCCCN. The van der Waals surface area contributed by atoms with Crippen molar-refractivity contribution >= 4 is 28.8 Å². The fraction of sp³-hybridized carbons (Fsp3) is 0.583. The van der Waals surface area contributed by atoms with Gasteiger partial charge in [-0.3, -0.25) is 4.79 Å². The summed E-state index contributed by atoms with van der Waals surface area (Å²) in [6.07, 6.45) is 3.56. The molecule has 1 amide bonds. The molecular formula is C12H19ClN2OS. The lowest BCUT2D eigenvalue weighted by molar-refractivity contribution is -0.130. The maximum atomic E-state index is 11.8.